The van der Waals surface area contributed by atoms with Crippen LogP contribution in [-0.4, -0.2) is 66.4 Å². The molecule has 5 rings (SSSR count). The van der Waals surface area contributed by atoms with Crippen LogP contribution in [0.2, 0.25) is 0 Å². The lowest BCUT2D eigenvalue weighted by molar-refractivity contribution is -0.149. The fourth-order valence-corrected chi connectivity index (χ4v) is 5.55. The minimum absolute atomic E-state index is 0.0507. The number of hydrogen-bond donors (Lipinski definition) is 2. The normalized spacial score (nSPS) is 27.4. The standard InChI is InChI=1S/C27H30N2O6/c1-16-13-29(15-27(16,2)25(31)32)24(30)23-22(11-12-34-23)28-26(33)35-14-21-19-9-5-3-7-17(19)18-8-4-6-10-20(18)21/h3-10,16,21-23H,11-15H2,1-2H3,(H,28,33)(H,31,32). The van der Waals surface area contributed by atoms with Gasteiger partial charge in [-0.2, -0.15) is 0 Å². The molecule has 0 spiro atoms. The summed E-state index contributed by atoms with van der Waals surface area (Å²) in [5, 5.41) is 12.4. The fraction of sp³-hybridized carbons (Fsp3) is 0.444. The number of alkyl carbamates (subject to hydrolysis) is 1. The van der Waals surface area contributed by atoms with Gasteiger partial charge in [-0.05, 0) is 41.5 Å². The Hall–Kier alpha value is -3.39. The molecule has 0 saturated carbocycles. The SMILES string of the molecule is CC1CN(C(=O)C2OCCC2NC(=O)OCC2c3ccccc3-c3ccccc32)CC1(C)C(=O)O. The number of aliphatic carboxylic acids is 1. The first-order valence-electron chi connectivity index (χ1n) is 12.0. The number of nitrogens with zero attached hydrogens (tertiary/aromatic N) is 1. The summed E-state index contributed by atoms with van der Waals surface area (Å²) in [6.45, 7) is 4.49. The molecule has 2 aromatic rings. The maximum Gasteiger partial charge on any atom is 0.407 e. The minimum Gasteiger partial charge on any atom is -0.481 e. The van der Waals surface area contributed by atoms with E-state index in [9.17, 15) is 19.5 Å². The van der Waals surface area contributed by atoms with E-state index in [1.807, 2.05) is 31.2 Å². The van der Waals surface area contributed by atoms with Gasteiger partial charge < -0.3 is 24.8 Å². The summed E-state index contributed by atoms with van der Waals surface area (Å²) in [4.78, 5) is 39.1. The van der Waals surface area contributed by atoms with Crippen molar-refractivity contribution in [2.45, 2.75) is 38.3 Å². The van der Waals surface area contributed by atoms with E-state index in [4.69, 9.17) is 9.47 Å². The average molecular weight is 479 g/mol. The number of carbonyl (C=O) groups excluding carboxylic acids is 2. The Kier molecular flexibility index (Phi) is 6.01. The fourth-order valence-electron chi connectivity index (χ4n) is 5.55. The largest absolute Gasteiger partial charge is 0.481 e. The molecule has 35 heavy (non-hydrogen) atoms. The molecule has 0 bridgehead atoms. The third-order valence-electron chi connectivity index (χ3n) is 7.88. The summed E-state index contributed by atoms with van der Waals surface area (Å²) in [7, 11) is 0. The van der Waals surface area contributed by atoms with Crippen LogP contribution in [0.25, 0.3) is 11.1 Å². The van der Waals surface area contributed by atoms with E-state index in [0.717, 1.165) is 22.3 Å². The quantitative estimate of drug-likeness (QED) is 0.684. The Bertz CT molecular complexity index is 1120. The van der Waals surface area contributed by atoms with Crippen LogP contribution in [0.15, 0.2) is 48.5 Å². The number of benzene rings is 2. The van der Waals surface area contributed by atoms with Gasteiger partial charge in [0, 0.05) is 25.6 Å². The van der Waals surface area contributed by atoms with E-state index >= 15 is 0 Å². The molecule has 3 aliphatic rings. The van der Waals surface area contributed by atoms with Crippen LogP contribution in [0.3, 0.4) is 0 Å². The van der Waals surface area contributed by atoms with E-state index in [-0.39, 0.29) is 30.9 Å². The number of carbonyl (C=O) groups is 3. The molecule has 2 fully saturated rings. The van der Waals surface area contributed by atoms with Gasteiger partial charge in [0.05, 0.1) is 11.5 Å². The lowest BCUT2D eigenvalue weighted by Gasteiger charge is -2.26. The van der Waals surface area contributed by atoms with Crippen molar-refractivity contribution in [3.63, 3.8) is 0 Å². The highest BCUT2D eigenvalue weighted by Gasteiger charge is 2.50. The van der Waals surface area contributed by atoms with E-state index in [1.165, 1.54) is 0 Å². The van der Waals surface area contributed by atoms with Gasteiger partial charge >= 0.3 is 12.1 Å². The number of ether oxygens (including phenoxy) is 2. The van der Waals surface area contributed by atoms with Crippen LogP contribution < -0.4 is 5.32 Å². The molecule has 4 atom stereocenters. The summed E-state index contributed by atoms with van der Waals surface area (Å²) < 4.78 is 11.3. The summed E-state index contributed by atoms with van der Waals surface area (Å²) in [5.74, 6) is -1.44. The minimum atomic E-state index is -0.996. The smallest absolute Gasteiger partial charge is 0.407 e. The van der Waals surface area contributed by atoms with Crippen LogP contribution in [-0.2, 0) is 19.1 Å². The van der Waals surface area contributed by atoms with Gasteiger partial charge in [0.2, 0.25) is 0 Å². The summed E-state index contributed by atoms with van der Waals surface area (Å²) >= 11 is 0. The molecule has 0 aromatic heterocycles. The molecule has 1 aliphatic carbocycles. The summed E-state index contributed by atoms with van der Waals surface area (Å²) in [6, 6.07) is 15.7. The van der Waals surface area contributed by atoms with E-state index in [1.54, 1.807) is 11.8 Å². The molecule has 8 nitrogen and oxygen atoms in total. The number of carboxylic acid groups (broad SMARTS) is 1. The molecule has 0 radical (unpaired) electrons. The Morgan fingerprint density at radius 3 is 2.34 bits per heavy atom. The first kappa shape index (κ1) is 23.4. The highest BCUT2D eigenvalue weighted by Crippen LogP contribution is 2.44. The van der Waals surface area contributed by atoms with Gasteiger partial charge in [0.25, 0.3) is 5.91 Å². The van der Waals surface area contributed by atoms with Gasteiger partial charge in [-0.3, -0.25) is 9.59 Å². The molecule has 2 aromatic carbocycles. The molecule has 2 N–H and O–H groups in total. The highest BCUT2D eigenvalue weighted by atomic mass is 16.6. The average Bonchev–Trinajstić information content (AvgIpc) is 3.52. The third kappa shape index (κ3) is 4.05. The Morgan fingerprint density at radius 1 is 1.11 bits per heavy atom. The predicted molar refractivity (Wildman–Crippen MR) is 128 cm³/mol. The number of carboxylic acids is 1. The summed E-state index contributed by atoms with van der Waals surface area (Å²) in [6.07, 6.45) is -0.954. The lowest BCUT2D eigenvalue weighted by atomic mass is 9.81. The number of likely N-dealkylation sites (tertiary alicyclic amines) is 1. The maximum absolute atomic E-state index is 13.2. The number of fused-ring (bicyclic) bond motifs is 3. The van der Waals surface area contributed by atoms with Crippen molar-refractivity contribution in [2.24, 2.45) is 11.3 Å². The molecule has 2 aliphatic heterocycles. The zero-order valence-corrected chi connectivity index (χ0v) is 19.9. The van der Waals surface area contributed by atoms with Crippen LogP contribution in [0.5, 0.6) is 0 Å². The van der Waals surface area contributed by atoms with Crippen molar-refractivity contribution in [3.8, 4) is 11.1 Å². The van der Waals surface area contributed by atoms with Gasteiger partial charge in [-0.1, -0.05) is 55.5 Å². The second kappa shape index (κ2) is 9.00. The first-order valence-corrected chi connectivity index (χ1v) is 12.0. The van der Waals surface area contributed by atoms with E-state index in [0.29, 0.717) is 19.6 Å². The molecule has 4 unspecified atom stereocenters. The Labute approximate surface area is 204 Å². The Balaban J connectivity index is 1.21. The van der Waals surface area contributed by atoms with Crippen LogP contribution in [0.1, 0.15) is 37.3 Å². The number of hydrogen-bond acceptors (Lipinski definition) is 5. The predicted octanol–water partition coefficient (Wildman–Crippen LogP) is 3.25. The molecular weight excluding hydrogens is 448 g/mol. The topological polar surface area (TPSA) is 105 Å². The Morgan fingerprint density at radius 2 is 1.74 bits per heavy atom. The van der Waals surface area contributed by atoms with Crippen molar-refractivity contribution in [1.29, 1.82) is 0 Å². The van der Waals surface area contributed by atoms with Crippen LogP contribution >= 0.6 is 0 Å². The zero-order chi connectivity index (χ0) is 24.7. The number of rotatable bonds is 5. The molecule has 2 heterocycles. The van der Waals surface area contributed by atoms with Gasteiger partial charge in [-0.15, -0.1) is 0 Å². The monoisotopic (exact) mass is 478 g/mol. The molecule has 184 valence electrons. The van der Waals surface area contributed by atoms with Crippen LogP contribution in [0.4, 0.5) is 4.79 Å². The van der Waals surface area contributed by atoms with Crippen molar-refractivity contribution in [1.82, 2.24) is 10.2 Å². The van der Waals surface area contributed by atoms with E-state index < -0.39 is 29.6 Å². The van der Waals surface area contributed by atoms with Crippen molar-refractivity contribution >= 4 is 18.0 Å². The van der Waals surface area contributed by atoms with Crippen molar-refractivity contribution in [3.05, 3.63) is 59.7 Å². The number of amides is 2. The first-order chi connectivity index (χ1) is 16.8. The molecule has 8 heteroatoms. The van der Waals surface area contributed by atoms with Crippen molar-refractivity contribution in [2.75, 3.05) is 26.3 Å². The van der Waals surface area contributed by atoms with Crippen molar-refractivity contribution < 1.29 is 29.0 Å². The third-order valence-corrected chi connectivity index (χ3v) is 7.88. The number of nitrogens with one attached hydrogen (secondary N) is 1. The maximum atomic E-state index is 13.2. The second-order valence-corrected chi connectivity index (χ2v) is 10.00. The lowest BCUT2D eigenvalue weighted by Crippen LogP contribution is -2.49. The van der Waals surface area contributed by atoms with Gasteiger partial charge in [-0.25, -0.2) is 4.79 Å². The second-order valence-electron chi connectivity index (χ2n) is 10.00. The van der Waals surface area contributed by atoms with Gasteiger partial charge in [0.1, 0.15) is 6.61 Å². The zero-order valence-electron chi connectivity index (χ0n) is 19.9. The van der Waals surface area contributed by atoms with E-state index in [2.05, 4.69) is 29.6 Å². The van der Waals surface area contributed by atoms with Gasteiger partial charge in [0.15, 0.2) is 6.10 Å². The highest BCUT2D eigenvalue weighted by molar-refractivity contribution is 5.85. The molecule has 2 saturated heterocycles. The summed E-state index contributed by atoms with van der Waals surface area (Å²) in [5.41, 5.74) is 3.57. The van der Waals surface area contributed by atoms with Crippen LogP contribution in [0, 0.1) is 11.3 Å². The molecule has 2 amide bonds. The molecular formula is C27H30N2O6.